The molecule has 4 bridgehead atoms. The fraction of sp³-hybridized carbons (Fsp3) is 0.703. The van der Waals surface area contributed by atoms with Gasteiger partial charge in [0.1, 0.15) is 47.9 Å². The van der Waals surface area contributed by atoms with Gasteiger partial charge in [-0.25, -0.2) is 0 Å². The number of primary amides is 2. The number of carbonyl (C=O) groups is 16. The molecule has 0 saturated carbocycles. The summed E-state index contributed by atoms with van der Waals surface area (Å²) in [6.07, 6.45) is 11.7. The lowest BCUT2D eigenvalue weighted by Gasteiger charge is -2.38. The smallest absolute Gasteiger partial charge is 0.309 e. The van der Waals surface area contributed by atoms with Crippen LogP contribution in [0.15, 0.2) is 48.5 Å². The molecule has 6 rings (SSSR count). The number of nitrogens with two attached hydrogens (primary N) is 2. The van der Waals surface area contributed by atoms with Crippen LogP contribution in [-0.4, -0.2) is 221 Å². The maximum Gasteiger partial charge on any atom is 0.309 e. The minimum absolute atomic E-state index is 0.0461. The van der Waals surface area contributed by atoms with Crippen LogP contribution in [0.2, 0.25) is 0 Å². The molecule has 20 N–H and O–H groups in total. The molecular formula is C101H158N12O24. The average Bonchev–Trinajstić information content (AvgIpc) is 1.51. The first-order valence-electron chi connectivity index (χ1n) is 49.8. The summed E-state index contributed by atoms with van der Waals surface area (Å²) in [4.78, 5) is 222. The van der Waals surface area contributed by atoms with E-state index in [9.17, 15) is 107 Å². The van der Waals surface area contributed by atoms with Crippen molar-refractivity contribution in [1.82, 2.24) is 42.5 Å². The summed E-state index contributed by atoms with van der Waals surface area (Å²) in [7, 11) is 0. The number of amides is 10. The number of rotatable bonds is 48. The number of carbonyl (C=O) groups excluding carboxylic acids is 16. The molecule has 36 heteroatoms. The topological polar surface area (TPSA) is 609 Å². The molecule has 4 aliphatic heterocycles. The second-order valence-electron chi connectivity index (χ2n) is 38.8. The molecule has 137 heavy (non-hydrogen) atoms. The van der Waals surface area contributed by atoms with Gasteiger partial charge in [-0.15, -0.1) is 0 Å². The van der Waals surface area contributed by atoms with Crippen molar-refractivity contribution in [3.8, 4) is 11.5 Å². The molecule has 4 heterocycles. The van der Waals surface area contributed by atoms with Gasteiger partial charge in [0.05, 0.1) is 79.7 Å². The van der Waals surface area contributed by atoms with Crippen molar-refractivity contribution in [3.63, 3.8) is 0 Å². The molecule has 0 radical (unpaired) electrons. The number of aliphatic hydroxyl groups is 4. The van der Waals surface area contributed by atoms with Gasteiger partial charge in [0.15, 0.2) is 23.1 Å². The highest BCUT2D eigenvalue weighted by Crippen LogP contribution is 2.35. The Labute approximate surface area is 806 Å². The zero-order valence-corrected chi connectivity index (χ0v) is 82.2. The Balaban J connectivity index is 0.000000484. The number of fused-ring (bicyclic) bond motifs is 4. The molecule has 766 valence electrons. The molecule has 0 aromatic heterocycles. The summed E-state index contributed by atoms with van der Waals surface area (Å²) in [6, 6.07) is -0.622. The summed E-state index contributed by atoms with van der Waals surface area (Å²) < 4.78 is 11.5. The van der Waals surface area contributed by atoms with Crippen LogP contribution in [0.3, 0.4) is 0 Å². The van der Waals surface area contributed by atoms with E-state index in [1.54, 1.807) is 58.9 Å². The maximum absolute atomic E-state index is 14.7. The van der Waals surface area contributed by atoms with Gasteiger partial charge in [0.25, 0.3) is 0 Å². The number of ketones is 4. The third kappa shape index (κ3) is 40.5. The van der Waals surface area contributed by atoms with Crippen LogP contribution in [0.25, 0.3) is 0 Å². The van der Waals surface area contributed by atoms with E-state index in [0.717, 1.165) is 89.2 Å². The Morgan fingerprint density at radius 2 is 0.818 bits per heavy atom. The van der Waals surface area contributed by atoms with E-state index in [2.05, 4.69) is 49.5 Å². The molecule has 4 aliphatic rings. The number of phenolic OH excluding ortho intramolecular Hbond substituents is 2. The van der Waals surface area contributed by atoms with Crippen LogP contribution in [0.4, 0.5) is 0 Å². The first-order chi connectivity index (χ1) is 64.9. The molecule has 36 nitrogen and oxygen atoms in total. The summed E-state index contributed by atoms with van der Waals surface area (Å²) in [5, 5.41) is 100. The normalized spacial score (nSPS) is 25.6. The van der Waals surface area contributed by atoms with Gasteiger partial charge in [0.2, 0.25) is 59.1 Å². The van der Waals surface area contributed by atoms with Crippen LogP contribution < -0.4 is 54.0 Å². The standard InChI is InChI=1S/C51H80N6O12.C50H78N6O12/c1-7-9-10-11-12-13-14-15-16-17-34(24-30(4)52)39(60)28-43(63)55-46-41-27-37(31(5)51(68)69-41)47(64)38(22-23-42(53)62)54-49(66)45(32(6)58)57-48(65)35(25-33-18-20-36(59)21-19-33)26-40(61)44(29(3)8-2)56-50(46)67;1-6-29(2)43-39(60)25-34(24-33-20-22-35(58)23-21-33)47(64)56-44(32(5)57)48(65)53-38(28-41(52)61)46(63)37-27-40(68-50(67)31(37)4)45(49(66)55-43)54-42(62)26-36(59)19-17-15-13-11-9-7-8-10-12-14-16-18-30(3)51/h18-21,29,31-32,34-35,37-39,41,44-46,52,58-60H,7-17,22-28H2,1-6H3,(H2,53,62)(H,54,66)(H,55,63)(H,56,67)(H,57,65);20-23,29,31-32,34,36-38,40,43-45,51,57-59H,6-19,24-28H2,1-5H3,(H2,52,61)(H,53,65)(H,54,62)(H,55,66)(H,56,64). The molecule has 4 saturated heterocycles. The molecule has 23 atom stereocenters. The van der Waals surface area contributed by atoms with Gasteiger partial charge >= 0.3 is 11.9 Å². The minimum atomic E-state index is -1.71. The van der Waals surface area contributed by atoms with Gasteiger partial charge in [0, 0.05) is 54.4 Å². The Bertz CT molecular complexity index is 4320. The Kier molecular flexibility index (Phi) is 51.6. The molecule has 2 aromatic rings. The second kappa shape index (κ2) is 60.4. The minimum Gasteiger partial charge on any atom is -0.508 e. The SMILES string of the molecule is CCC(C)C1NC(=O)C(NC(=O)CC(O)CCCCCCCCCCCCCC(C)=N)C2CC(C(=O)C(CC(N)=O)NC(=O)C(C(C)O)NC(=O)C(Cc3ccc(O)cc3)CC1=O)C(C)C(=O)O2.CCCCCCCCCCCC(CC(C)=N)C(O)CC(=O)NC1C(=O)NC(C(C)CC)C(=O)CC(Cc2ccc(O)cc2)C(=O)NC(C(C)O)C(=O)NC(CCC(N)=O)C(=O)C2CC1OC(=O)C2C. The number of benzene rings is 2. The van der Waals surface area contributed by atoms with E-state index < -0.39 is 264 Å². The second-order valence-corrected chi connectivity index (χ2v) is 38.8. The van der Waals surface area contributed by atoms with Gasteiger partial charge in [-0.3, -0.25) is 76.7 Å². The van der Waals surface area contributed by atoms with Crippen molar-refractivity contribution in [2.75, 3.05) is 0 Å². The molecule has 0 spiro atoms. The van der Waals surface area contributed by atoms with E-state index in [4.69, 9.17) is 31.8 Å². The molecule has 10 amide bonds. The largest absolute Gasteiger partial charge is 0.508 e. The Morgan fingerprint density at radius 3 is 1.20 bits per heavy atom. The van der Waals surface area contributed by atoms with E-state index in [1.165, 1.54) is 96.9 Å². The molecule has 4 fully saturated rings. The first kappa shape index (κ1) is 117. The lowest BCUT2D eigenvalue weighted by molar-refractivity contribution is -0.171. The summed E-state index contributed by atoms with van der Waals surface area (Å²) in [6.45, 7) is 17.9. The lowest BCUT2D eigenvalue weighted by Crippen LogP contribution is -2.61. The molecule has 23 unspecified atom stereocenters. The number of hydrogen-bond acceptors (Lipinski definition) is 26. The van der Waals surface area contributed by atoms with Crippen molar-refractivity contribution < 1.29 is 117 Å². The average molecular weight is 1920 g/mol. The Hall–Kier alpha value is -10.5. The Morgan fingerprint density at radius 1 is 0.445 bits per heavy atom. The number of aromatic hydroxyl groups is 2. The third-order valence-corrected chi connectivity index (χ3v) is 27.0. The van der Waals surface area contributed by atoms with E-state index in [1.807, 2.05) is 6.92 Å². The van der Waals surface area contributed by atoms with Gasteiger partial charge in [-0.1, -0.05) is 208 Å². The van der Waals surface area contributed by atoms with Crippen LogP contribution in [0, 0.1) is 64.1 Å². The van der Waals surface area contributed by atoms with Crippen LogP contribution in [0.1, 0.15) is 312 Å². The quantitative estimate of drug-likeness (QED) is 0.0171. The lowest BCUT2D eigenvalue weighted by atomic mass is 9.78. The number of phenols is 2. The van der Waals surface area contributed by atoms with Gasteiger partial charge < -0.3 is 105 Å². The number of nitrogens with one attached hydrogen (secondary N) is 10. The van der Waals surface area contributed by atoms with E-state index in [-0.39, 0.29) is 56.4 Å². The van der Waals surface area contributed by atoms with Gasteiger partial charge in [-0.2, -0.15) is 0 Å². The number of aliphatic hydroxyl groups excluding tert-OH is 4. The highest BCUT2D eigenvalue weighted by Gasteiger charge is 2.51. The monoisotopic (exact) mass is 1920 g/mol. The molecule has 0 aliphatic carbocycles. The number of hydrogen-bond donors (Lipinski definition) is 18. The first-order valence-corrected chi connectivity index (χ1v) is 49.8. The predicted octanol–water partition coefficient (Wildman–Crippen LogP) is 7.77. The maximum atomic E-state index is 14.7. The summed E-state index contributed by atoms with van der Waals surface area (Å²) >= 11 is 0. The summed E-state index contributed by atoms with van der Waals surface area (Å²) in [5.74, 6) is -22.4. The fourth-order valence-electron chi connectivity index (χ4n) is 18.2. The van der Waals surface area contributed by atoms with Crippen molar-refractivity contribution in [3.05, 3.63) is 59.7 Å². The highest BCUT2D eigenvalue weighted by molar-refractivity contribution is 6.02. The number of Topliss-reactive ketones (excluding diaryl/α,β-unsaturated/α-hetero) is 4. The molecular weight excluding hydrogens is 1770 g/mol. The predicted molar refractivity (Wildman–Crippen MR) is 512 cm³/mol. The van der Waals surface area contributed by atoms with E-state index in [0.29, 0.717) is 48.9 Å². The van der Waals surface area contributed by atoms with Crippen molar-refractivity contribution in [1.29, 1.82) is 10.8 Å². The van der Waals surface area contributed by atoms with Crippen molar-refractivity contribution in [2.45, 2.75) is 399 Å². The van der Waals surface area contributed by atoms with E-state index >= 15 is 0 Å². The highest BCUT2D eigenvalue weighted by atomic mass is 16.6. The van der Waals surface area contributed by atoms with Crippen LogP contribution in [-0.2, 0) is 99.0 Å². The van der Waals surface area contributed by atoms with Crippen molar-refractivity contribution in [2.24, 2.45) is 64.7 Å². The number of ether oxygens (including phenoxy) is 2. The zero-order valence-electron chi connectivity index (χ0n) is 82.2. The van der Waals surface area contributed by atoms with Gasteiger partial charge in [-0.05, 0) is 145 Å². The number of unbranched alkanes of at least 4 members (excludes halogenated alkanes) is 18. The van der Waals surface area contributed by atoms with Crippen LogP contribution >= 0.6 is 0 Å². The fourth-order valence-corrected chi connectivity index (χ4v) is 18.2. The van der Waals surface area contributed by atoms with Crippen molar-refractivity contribution >= 4 is 106 Å². The number of esters is 2. The third-order valence-electron chi connectivity index (χ3n) is 27.0. The summed E-state index contributed by atoms with van der Waals surface area (Å²) in [5.41, 5.74) is 13.1. The van der Waals surface area contributed by atoms with Crippen LogP contribution in [0.5, 0.6) is 11.5 Å². The molecule has 2 aromatic carbocycles. The zero-order chi connectivity index (χ0) is 102.